The number of amides is 1. The highest BCUT2D eigenvalue weighted by Gasteiger charge is 2.29. The van der Waals surface area contributed by atoms with E-state index in [1.165, 1.54) is 0 Å². The Kier molecular flexibility index (Phi) is 2.83. The predicted molar refractivity (Wildman–Crippen MR) is 62.7 cm³/mol. The van der Waals surface area contributed by atoms with Crippen molar-refractivity contribution < 1.29 is 9.53 Å². The van der Waals surface area contributed by atoms with Crippen LogP contribution in [0.4, 0.5) is 5.69 Å². The molecular formula is C12H16N2O2. The van der Waals surface area contributed by atoms with Crippen molar-refractivity contribution in [2.45, 2.75) is 6.42 Å². The summed E-state index contributed by atoms with van der Waals surface area (Å²) in [6.45, 7) is 0.389. The first-order chi connectivity index (χ1) is 7.67. The molecule has 1 aromatic carbocycles. The lowest BCUT2D eigenvalue weighted by Gasteiger charge is -2.31. The Labute approximate surface area is 95.0 Å². The van der Waals surface area contributed by atoms with Crippen molar-refractivity contribution in [1.82, 2.24) is 0 Å². The van der Waals surface area contributed by atoms with Crippen LogP contribution in [0.15, 0.2) is 18.2 Å². The van der Waals surface area contributed by atoms with E-state index in [1.54, 1.807) is 19.1 Å². The number of hydrogen-bond donors (Lipinski definition) is 1. The van der Waals surface area contributed by atoms with Crippen molar-refractivity contribution in [2.24, 2.45) is 11.7 Å². The molecule has 86 valence electrons. The van der Waals surface area contributed by atoms with Crippen LogP contribution in [0.25, 0.3) is 0 Å². The van der Waals surface area contributed by atoms with Crippen LogP contribution in [0, 0.1) is 5.92 Å². The van der Waals surface area contributed by atoms with Gasteiger partial charge in [0.15, 0.2) is 0 Å². The number of carbonyl (C=O) groups is 1. The number of hydrogen-bond acceptors (Lipinski definition) is 3. The number of benzene rings is 1. The zero-order valence-corrected chi connectivity index (χ0v) is 9.56. The van der Waals surface area contributed by atoms with Gasteiger partial charge in [-0.15, -0.1) is 0 Å². The highest BCUT2D eigenvalue weighted by molar-refractivity contribution is 5.97. The van der Waals surface area contributed by atoms with Crippen LogP contribution >= 0.6 is 0 Å². The summed E-state index contributed by atoms with van der Waals surface area (Å²) in [6.07, 6.45) is 0.701. The fourth-order valence-corrected chi connectivity index (χ4v) is 2.11. The first kappa shape index (κ1) is 11.0. The molecule has 0 saturated carbocycles. The Morgan fingerprint density at radius 2 is 2.31 bits per heavy atom. The van der Waals surface area contributed by atoms with E-state index in [9.17, 15) is 4.79 Å². The van der Waals surface area contributed by atoms with Gasteiger partial charge in [0.25, 0.3) is 0 Å². The van der Waals surface area contributed by atoms with Gasteiger partial charge in [0.05, 0.1) is 13.0 Å². The molecule has 0 radical (unpaired) electrons. The number of nitrogens with two attached hydrogens (primary N) is 1. The summed E-state index contributed by atoms with van der Waals surface area (Å²) in [5.74, 6) is 0.807. The van der Waals surface area contributed by atoms with E-state index in [0.29, 0.717) is 13.0 Å². The Hall–Kier alpha value is -1.55. The molecule has 0 spiro atoms. The van der Waals surface area contributed by atoms with Gasteiger partial charge in [-0.1, -0.05) is 0 Å². The zero-order chi connectivity index (χ0) is 11.7. The minimum Gasteiger partial charge on any atom is -0.497 e. The monoisotopic (exact) mass is 220 g/mol. The van der Waals surface area contributed by atoms with Crippen LogP contribution in [0.2, 0.25) is 0 Å². The molecular weight excluding hydrogens is 204 g/mol. The molecule has 0 aliphatic carbocycles. The number of anilines is 1. The lowest BCUT2D eigenvalue weighted by Crippen LogP contribution is -2.41. The van der Waals surface area contributed by atoms with Gasteiger partial charge < -0.3 is 15.4 Å². The average Bonchev–Trinajstić information content (AvgIpc) is 2.33. The minimum atomic E-state index is -0.107. The topological polar surface area (TPSA) is 55.6 Å². The van der Waals surface area contributed by atoms with Crippen molar-refractivity contribution in [3.8, 4) is 5.75 Å². The summed E-state index contributed by atoms with van der Waals surface area (Å²) in [5.41, 5.74) is 7.68. The van der Waals surface area contributed by atoms with Gasteiger partial charge >= 0.3 is 0 Å². The van der Waals surface area contributed by atoms with Crippen LogP contribution in [0.3, 0.4) is 0 Å². The summed E-state index contributed by atoms with van der Waals surface area (Å²) in [5, 5.41) is 0. The highest BCUT2D eigenvalue weighted by atomic mass is 16.5. The van der Waals surface area contributed by atoms with E-state index >= 15 is 0 Å². The molecule has 1 aliphatic rings. The molecule has 4 nitrogen and oxygen atoms in total. The normalized spacial score (nSPS) is 19.6. The maximum atomic E-state index is 11.9. The first-order valence-electron chi connectivity index (χ1n) is 5.32. The van der Waals surface area contributed by atoms with Gasteiger partial charge in [-0.3, -0.25) is 4.79 Å². The van der Waals surface area contributed by atoms with Gasteiger partial charge in [0.1, 0.15) is 5.75 Å². The van der Waals surface area contributed by atoms with E-state index in [4.69, 9.17) is 10.5 Å². The average molecular weight is 220 g/mol. The molecule has 0 aromatic heterocycles. The lowest BCUT2D eigenvalue weighted by atomic mass is 9.92. The quantitative estimate of drug-likeness (QED) is 0.801. The molecule has 2 N–H and O–H groups in total. The van der Waals surface area contributed by atoms with Gasteiger partial charge in [-0.25, -0.2) is 0 Å². The summed E-state index contributed by atoms with van der Waals surface area (Å²) >= 11 is 0. The third-order valence-corrected chi connectivity index (χ3v) is 3.08. The van der Waals surface area contributed by atoms with Crippen molar-refractivity contribution in [3.63, 3.8) is 0 Å². The van der Waals surface area contributed by atoms with Crippen molar-refractivity contribution >= 4 is 11.6 Å². The molecule has 0 bridgehead atoms. The fourth-order valence-electron chi connectivity index (χ4n) is 2.11. The smallest absolute Gasteiger partial charge is 0.231 e. The number of fused-ring (bicyclic) bond motifs is 1. The largest absolute Gasteiger partial charge is 0.497 e. The molecule has 2 rings (SSSR count). The summed E-state index contributed by atoms with van der Waals surface area (Å²) in [7, 11) is 3.43. The van der Waals surface area contributed by atoms with Crippen LogP contribution < -0.4 is 15.4 Å². The van der Waals surface area contributed by atoms with Crippen LogP contribution in [-0.4, -0.2) is 26.6 Å². The van der Waals surface area contributed by atoms with E-state index in [0.717, 1.165) is 17.0 Å². The second-order valence-electron chi connectivity index (χ2n) is 4.03. The molecule has 16 heavy (non-hydrogen) atoms. The van der Waals surface area contributed by atoms with Gasteiger partial charge in [-0.2, -0.15) is 0 Å². The molecule has 1 amide bonds. The Bertz CT molecular complexity index is 417. The zero-order valence-electron chi connectivity index (χ0n) is 9.56. The first-order valence-corrected chi connectivity index (χ1v) is 5.32. The predicted octanol–water partition coefficient (Wildman–Crippen LogP) is 0.789. The molecule has 0 unspecified atom stereocenters. The van der Waals surface area contributed by atoms with E-state index in [1.807, 2.05) is 18.2 Å². The van der Waals surface area contributed by atoms with E-state index in [-0.39, 0.29) is 11.8 Å². The molecule has 1 atom stereocenters. The molecule has 1 heterocycles. The highest BCUT2D eigenvalue weighted by Crippen LogP contribution is 2.31. The third kappa shape index (κ3) is 1.65. The second-order valence-corrected chi connectivity index (χ2v) is 4.03. The molecule has 4 heteroatoms. The summed E-state index contributed by atoms with van der Waals surface area (Å²) in [6, 6.07) is 5.76. The van der Waals surface area contributed by atoms with Crippen LogP contribution in [0.1, 0.15) is 5.56 Å². The van der Waals surface area contributed by atoms with Crippen LogP contribution in [0.5, 0.6) is 5.75 Å². The molecule has 1 aliphatic heterocycles. The van der Waals surface area contributed by atoms with Crippen molar-refractivity contribution in [2.75, 3.05) is 25.6 Å². The van der Waals surface area contributed by atoms with E-state index < -0.39 is 0 Å². The fraction of sp³-hybridized carbons (Fsp3) is 0.417. The number of ether oxygens (including phenoxy) is 1. The number of nitrogens with zero attached hydrogens (tertiary/aromatic N) is 1. The molecule has 1 aromatic rings. The maximum absolute atomic E-state index is 11.9. The molecule has 0 fully saturated rings. The maximum Gasteiger partial charge on any atom is 0.231 e. The summed E-state index contributed by atoms with van der Waals surface area (Å²) < 4.78 is 5.18. The minimum absolute atomic E-state index is 0.0974. The standard InChI is InChI=1S/C12H16N2O2/c1-14-11-4-3-10(16-2)6-8(11)5-9(7-13)12(14)15/h3-4,6,9H,5,7,13H2,1-2H3/t9-/m1/s1. The molecule has 0 saturated heterocycles. The van der Waals surface area contributed by atoms with Gasteiger partial charge in [0.2, 0.25) is 5.91 Å². The Morgan fingerprint density at radius 3 is 2.94 bits per heavy atom. The summed E-state index contributed by atoms with van der Waals surface area (Å²) in [4.78, 5) is 13.6. The Balaban J connectivity index is 2.42. The van der Waals surface area contributed by atoms with Crippen molar-refractivity contribution in [3.05, 3.63) is 23.8 Å². The van der Waals surface area contributed by atoms with Crippen LogP contribution in [-0.2, 0) is 11.2 Å². The van der Waals surface area contributed by atoms with E-state index in [2.05, 4.69) is 0 Å². The number of rotatable bonds is 2. The number of methoxy groups -OCH3 is 1. The van der Waals surface area contributed by atoms with Gasteiger partial charge in [-0.05, 0) is 30.2 Å². The lowest BCUT2D eigenvalue weighted by molar-refractivity contribution is -0.122. The second kappa shape index (κ2) is 4.14. The third-order valence-electron chi connectivity index (χ3n) is 3.08. The van der Waals surface area contributed by atoms with Gasteiger partial charge in [0, 0.05) is 19.3 Å². The Morgan fingerprint density at radius 1 is 1.56 bits per heavy atom. The SMILES string of the molecule is COc1ccc2c(c1)C[C@H](CN)C(=O)N2C. The number of carbonyl (C=O) groups excluding carboxylic acids is 1. The van der Waals surface area contributed by atoms with Crippen molar-refractivity contribution in [1.29, 1.82) is 0 Å².